The molecule has 104 valence electrons. The maximum atomic E-state index is 13.2. The van der Waals surface area contributed by atoms with Crippen molar-refractivity contribution in [2.24, 2.45) is 0 Å². The summed E-state index contributed by atoms with van der Waals surface area (Å²) in [6, 6.07) is 5.30. The molecule has 2 aromatic rings. The van der Waals surface area contributed by atoms with Crippen molar-refractivity contribution < 1.29 is 18.7 Å². The van der Waals surface area contributed by atoms with E-state index in [-0.39, 0.29) is 5.56 Å². The number of carboxylic acids is 1. The van der Waals surface area contributed by atoms with Gasteiger partial charge < -0.3 is 9.67 Å². The Bertz CT molecular complexity index is 725. The number of rotatable bonds is 3. The zero-order valence-corrected chi connectivity index (χ0v) is 10.5. The van der Waals surface area contributed by atoms with Gasteiger partial charge in [0.1, 0.15) is 5.56 Å². The molecule has 0 amide bonds. The third kappa shape index (κ3) is 2.45. The van der Waals surface area contributed by atoms with Crippen molar-refractivity contribution in [2.75, 3.05) is 0 Å². The van der Waals surface area contributed by atoms with Crippen molar-refractivity contribution in [3.05, 3.63) is 69.6 Å². The minimum Gasteiger partial charge on any atom is -0.477 e. The summed E-state index contributed by atoms with van der Waals surface area (Å²) in [4.78, 5) is 22.9. The summed E-state index contributed by atoms with van der Waals surface area (Å²) in [5, 5.41) is 8.90. The van der Waals surface area contributed by atoms with E-state index in [0.717, 1.165) is 16.7 Å². The normalized spacial score (nSPS) is 12.2. The zero-order valence-electron chi connectivity index (χ0n) is 10.5. The Morgan fingerprint density at radius 1 is 1.25 bits per heavy atom. The van der Waals surface area contributed by atoms with Gasteiger partial charge in [0.25, 0.3) is 5.56 Å². The van der Waals surface area contributed by atoms with Crippen LogP contribution in [-0.4, -0.2) is 15.6 Å². The minimum absolute atomic E-state index is 0.369. The lowest BCUT2D eigenvalue weighted by molar-refractivity contribution is 0.0694. The highest BCUT2D eigenvalue weighted by molar-refractivity contribution is 5.87. The van der Waals surface area contributed by atoms with Crippen molar-refractivity contribution >= 4 is 5.97 Å². The van der Waals surface area contributed by atoms with Gasteiger partial charge in [0, 0.05) is 6.20 Å². The highest BCUT2D eigenvalue weighted by atomic mass is 19.2. The molecule has 0 fully saturated rings. The van der Waals surface area contributed by atoms with E-state index in [4.69, 9.17) is 5.11 Å². The van der Waals surface area contributed by atoms with Crippen LogP contribution in [0.4, 0.5) is 8.78 Å². The molecule has 1 aromatic heterocycles. The first-order valence-corrected chi connectivity index (χ1v) is 5.81. The van der Waals surface area contributed by atoms with Crippen LogP contribution in [0.15, 0.2) is 41.3 Å². The van der Waals surface area contributed by atoms with Crippen molar-refractivity contribution in [2.45, 2.75) is 13.0 Å². The van der Waals surface area contributed by atoms with Gasteiger partial charge in [0.2, 0.25) is 0 Å². The molecule has 1 aromatic carbocycles. The standard InChI is InChI=1S/C14H11F2NO3/c1-8(9-4-5-11(15)12(16)7-9)17-6-2-3-10(13(17)18)14(19)20/h2-8H,1H3,(H,19,20). The Balaban J connectivity index is 2.51. The smallest absolute Gasteiger partial charge is 0.341 e. The number of halogens is 2. The third-order valence-electron chi connectivity index (χ3n) is 3.05. The van der Waals surface area contributed by atoms with Gasteiger partial charge in [-0.25, -0.2) is 13.6 Å². The molecule has 0 radical (unpaired) electrons. The minimum atomic E-state index is -1.33. The highest BCUT2D eigenvalue weighted by Crippen LogP contribution is 2.18. The van der Waals surface area contributed by atoms with Gasteiger partial charge in [0.15, 0.2) is 11.6 Å². The number of aromatic carboxylic acids is 1. The van der Waals surface area contributed by atoms with Gasteiger partial charge in [-0.15, -0.1) is 0 Å². The molecule has 0 aliphatic carbocycles. The zero-order chi connectivity index (χ0) is 14.9. The maximum Gasteiger partial charge on any atom is 0.341 e. The lowest BCUT2D eigenvalue weighted by Gasteiger charge is -2.16. The Hall–Kier alpha value is -2.50. The van der Waals surface area contributed by atoms with Gasteiger partial charge in [-0.05, 0) is 36.8 Å². The second kappa shape index (κ2) is 5.24. The molecular formula is C14H11F2NO3. The molecule has 1 unspecified atom stereocenters. The van der Waals surface area contributed by atoms with Crippen molar-refractivity contribution in [3.8, 4) is 0 Å². The second-order valence-electron chi connectivity index (χ2n) is 4.29. The van der Waals surface area contributed by atoms with E-state index >= 15 is 0 Å². The van der Waals surface area contributed by atoms with E-state index in [1.807, 2.05) is 0 Å². The second-order valence-corrected chi connectivity index (χ2v) is 4.29. The summed E-state index contributed by atoms with van der Waals surface area (Å²) < 4.78 is 27.3. The largest absolute Gasteiger partial charge is 0.477 e. The number of pyridine rings is 1. The molecule has 6 heteroatoms. The van der Waals surface area contributed by atoms with Gasteiger partial charge in [-0.1, -0.05) is 6.07 Å². The predicted octanol–water partition coefficient (Wildman–Crippen LogP) is 2.43. The van der Waals surface area contributed by atoms with Gasteiger partial charge in [-0.2, -0.15) is 0 Å². The van der Waals surface area contributed by atoms with E-state index in [1.54, 1.807) is 6.92 Å². The van der Waals surface area contributed by atoms with Gasteiger partial charge in [-0.3, -0.25) is 4.79 Å². The molecule has 1 atom stereocenters. The molecule has 0 bridgehead atoms. The first-order chi connectivity index (χ1) is 9.41. The number of carbonyl (C=O) groups is 1. The van der Waals surface area contributed by atoms with Crippen LogP contribution in [0, 0.1) is 11.6 Å². The molecule has 1 N–H and O–H groups in total. The molecule has 20 heavy (non-hydrogen) atoms. The first-order valence-electron chi connectivity index (χ1n) is 5.81. The van der Waals surface area contributed by atoms with E-state index < -0.39 is 29.2 Å². The molecule has 0 saturated carbocycles. The average molecular weight is 279 g/mol. The molecular weight excluding hydrogens is 268 g/mol. The fourth-order valence-corrected chi connectivity index (χ4v) is 1.91. The molecule has 0 aliphatic heterocycles. The molecule has 0 saturated heterocycles. The van der Waals surface area contributed by atoms with E-state index in [0.29, 0.717) is 5.56 Å². The van der Waals surface area contributed by atoms with Crippen LogP contribution in [0.25, 0.3) is 0 Å². The highest BCUT2D eigenvalue weighted by Gasteiger charge is 2.16. The van der Waals surface area contributed by atoms with E-state index in [1.165, 1.54) is 24.4 Å². The topological polar surface area (TPSA) is 59.3 Å². The number of benzene rings is 1. The summed E-state index contributed by atoms with van der Waals surface area (Å²) in [7, 11) is 0. The molecule has 0 spiro atoms. The number of hydrogen-bond donors (Lipinski definition) is 1. The molecule has 2 rings (SSSR count). The summed E-state index contributed by atoms with van der Waals surface area (Å²) >= 11 is 0. The number of aromatic nitrogens is 1. The SMILES string of the molecule is CC(c1ccc(F)c(F)c1)n1cccc(C(=O)O)c1=O. The van der Waals surface area contributed by atoms with Crippen LogP contribution in [0.3, 0.4) is 0 Å². The van der Waals surface area contributed by atoms with Gasteiger partial charge in [0.05, 0.1) is 6.04 Å². The fraction of sp³-hybridized carbons (Fsp3) is 0.143. The maximum absolute atomic E-state index is 13.2. The number of nitrogens with zero attached hydrogens (tertiary/aromatic N) is 1. The van der Waals surface area contributed by atoms with Crippen LogP contribution < -0.4 is 5.56 Å². The number of carboxylic acid groups (broad SMARTS) is 1. The Labute approximate surface area is 112 Å². The Morgan fingerprint density at radius 3 is 2.55 bits per heavy atom. The van der Waals surface area contributed by atoms with Crippen molar-refractivity contribution in [3.63, 3.8) is 0 Å². The average Bonchev–Trinajstić information content (AvgIpc) is 2.41. The van der Waals surface area contributed by atoms with Crippen LogP contribution in [0.5, 0.6) is 0 Å². The summed E-state index contributed by atoms with van der Waals surface area (Å²) in [5.74, 6) is -3.33. The molecule has 1 heterocycles. The lowest BCUT2D eigenvalue weighted by Crippen LogP contribution is -2.28. The quantitative estimate of drug-likeness (QED) is 0.938. The van der Waals surface area contributed by atoms with Crippen molar-refractivity contribution in [1.29, 1.82) is 0 Å². The van der Waals surface area contributed by atoms with Crippen molar-refractivity contribution in [1.82, 2.24) is 4.57 Å². The van der Waals surface area contributed by atoms with E-state index in [9.17, 15) is 18.4 Å². The lowest BCUT2D eigenvalue weighted by atomic mass is 10.1. The monoisotopic (exact) mass is 279 g/mol. The molecule has 4 nitrogen and oxygen atoms in total. The first kappa shape index (κ1) is 13.9. The summed E-state index contributed by atoms with van der Waals surface area (Å²) in [6.45, 7) is 1.60. The van der Waals surface area contributed by atoms with Crippen LogP contribution >= 0.6 is 0 Å². The predicted molar refractivity (Wildman–Crippen MR) is 67.8 cm³/mol. The summed E-state index contributed by atoms with van der Waals surface area (Å²) in [6.07, 6.45) is 1.40. The fourth-order valence-electron chi connectivity index (χ4n) is 1.91. The third-order valence-corrected chi connectivity index (χ3v) is 3.05. The van der Waals surface area contributed by atoms with E-state index in [2.05, 4.69) is 0 Å². The Kier molecular flexibility index (Phi) is 3.65. The number of hydrogen-bond acceptors (Lipinski definition) is 2. The molecule has 0 aliphatic rings. The van der Waals surface area contributed by atoms with Crippen LogP contribution in [-0.2, 0) is 0 Å². The van der Waals surface area contributed by atoms with Crippen LogP contribution in [0.1, 0.15) is 28.9 Å². The Morgan fingerprint density at radius 2 is 1.95 bits per heavy atom. The summed E-state index contributed by atoms with van der Waals surface area (Å²) in [5.41, 5.74) is -0.701. The van der Waals surface area contributed by atoms with Crippen LogP contribution in [0.2, 0.25) is 0 Å². The van der Waals surface area contributed by atoms with Gasteiger partial charge >= 0.3 is 5.97 Å².